The summed E-state index contributed by atoms with van der Waals surface area (Å²) < 4.78 is 8.79. The molecule has 0 spiro atoms. The van der Waals surface area contributed by atoms with Crippen LogP contribution in [0.25, 0.3) is 22.5 Å². The highest BCUT2D eigenvalue weighted by atomic mass is 16.5. The smallest absolute Gasteiger partial charge is 0.339 e. The number of nitrogen functional groups attached to an aromatic ring is 1. The Morgan fingerprint density at radius 1 is 0.800 bits per heavy atom. The monoisotopic (exact) mass is 396 g/mol. The maximum absolute atomic E-state index is 13.4. The second kappa shape index (κ2) is 7.17. The number of anilines is 1. The molecule has 0 bridgehead atoms. The fourth-order valence-corrected chi connectivity index (χ4v) is 3.29. The number of para-hydroxylation sites is 1. The SMILES string of the molecule is Nc1ncnc2c1n(-c1ccc(Oc3ccccc3)cc1)c(=O)n2-c1cccnc1. The van der Waals surface area contributed by atoms with Crippen molar-refractivity contribution in [1.82, 2.24) is 24.1 Å². The van der Waals surface area contributed by atoms with Gasteiger partial charge in [0.05, 0.1) is 17.6 Å². The van der Waals surface area contributed by atoms with E-state index in [-0.39, 0.29) is 11.5 Å². The molecule has 8 heteroatoms. The molecule has 30 heavy (non-hydrogen) atoms. The fourth-order valence-electron chi connectivity index (χ4n) is 3.29. The van der Waals surface area contributed by atoms with E-state index >= 15 is 0 Å². The number of hydrogen-bond donors (Lipinski definition) is 1. The van der Waals surface area contributed by atoms with Gasteiger partial charge < -0.3 is 10.5 Å². The van der Waals surface area contributed by atoms with Gasteiger partial charge >= 0.3 is 5.69 Å². The molecule has 146 valence electrons. The predicted octanol–water partition coefficient (Wildman–Crippen LogP) is 3.34. The zero-order valence-corrected chi connectivity index (χ0v) is 15.7. The summed E-state index contributed by atoms with van der Waals surface area (Å²) in [6.45, 7) is 0. The zero-order chi connectivity index (χ0) is 20.5. The lowest BCUT2D eigenvalue weighted by Crippen LogP contribution is -2.22. The lowest BCUT2D eigenvalue weighted by Gasteiger charge is -2.08. The van der Waals surface area contributed by atoms with E-state index in [0.29, 0.717) is 28.3 Å². The summed E-state index contributed by atoms with van der Waals surface area (Å²) in [5.41, 5.74) is 7.86. The Labute approximate surface area is 170 Å². The zero-order valence-electron chi connectivity index (χ0n) is 15.7. The van der Waals surface area contributed by atoms with Gasteiger partial charge in [-0.2, -0.15) is 0 Å². The number of nitrogens with two attached hydrogens (primary N) is 1. The lowest BCUT2D eigenvalue weighted by molar-refractivity contribution is 0.482. The van der Waals surface area contributed by atoms with Gasteiger partial charge in [0.1, 0.15) is 23.3 Å². The van der Waals surface area contributed by atoms with E-state index < -0.39 is 0 Å². The molecule has 0 fully saturated rings. The largest absolute Gasteiger partial charge is 0.457 e. The van der Waals surface area contributed by atoms with Crippen LogP contribution < -0.4 is 16.2 Å². The number of fused-ring (bicyclic) bond motifs is 1. The summed E-state index contributed by atoms with van der Waals surface area (Å²) in [5, 5.41) is 0. The van der Waals surface area contributed by atoms with Crippen molar-refractivity contribution in [3.8, 4) is 22.9 Å². The summed E-state index contributed by atoms with van der Waals surface area (Å²) in [6.07, 6.45) is 4.58. The molecule has 2 aromatic carbocycles. The number of aromatic nitrogens is 5. The van der Waals surface area contributed by atoms with E-state index in [9.17, 15) is 4.79 Å². The first-order valence-corrected chi connectivity index (χ1v) is 9.20. The Hall–Kier alpha value is -4.46. The van der Waals surface area contributed by atoms with Gasteiger partial charge in [-0.3, -0.25) is 9.55 Å². The van der Waals surface area contributed by atoms with Crippen LogP contribution in [-0.2, 0) is 0 Å². The number of imidazole rings is 1. The van der Waals surface area contributed by atoms with Crippen LogP contribution in [-0.4, -0.2) is 24.1 Å². The van der Waals surface area contributed by atoms with Gasteiger partial charge in [-0.05, 0) is 48.5 Å². The quantitative estimate of drug-likeness (QED) is 0.500. The number of nitrogens with zero attached hydrogens (tertiary/aromatic N) is 5. The molecule has 0 aliphatic carbocycles. The van der Waals surface area contributed by atoms with Crippen LogP contribution in [0.2, 0.25) is 0 Å². The average molecular weight is 396 g/mol. The van der Waals surface area contributed by atoms with Gasteiger partial charge in [0.15, 0.2) is 11.5 Å². The maximum Gasteiger partial charge on any atom is 0.339 e. The van der Waals surface area contributed by atoms with Crippen molar-refractivity contribution in [2.75, 3.05) is 5.73 Å². The van der Waals surface area contributed by atoms with Crippen molar-refractivity contribution in [1.29, 1.82) is 0 Å². The second-order valence-electron chi connectivity index (χ2n) is 6.50. The third-order valence-corrected chi connectivity index (χ3v) is 4.63. The molecule has 0 aliphatic rings. The standard InChI is InChI=1S/C22H16N6O2/c23-20-19-21(26-14-25-20)28(16-5-4-12-24-13-16)22(29)27(19)15-8-10-18(11-9-15)30-17-6-2-1-3-7-17/h1-14H,(H2,23,25,26). The van der Waals surface area contributed by atoms with Crippen molar-refractivity contribution in [3.63, 3.8) is 0 Å². The topological polar surface area (TPSA) is 101 Å². The molecule has 3 heterocycles. The summed E-state index contributed by atoms with van der Waals surface area (Å²) >= 11 is 0. The van der Waals surface area contributed by atoms with Crippen molar-refractivity contribution in [2.24, 2.45) is 0 Å². The van der Waals surface area contributed by atoms with Crippen LogP contribution in [0.1, 0.15) is 0 Å². The molecular formula is C22H16N6O2. The van der Waals surface area contributed by atoms with Crippen LogP contribution in [0.4, 0.5) is 5.82 Å². The number of ether oxygens (including phenoxy) is 1. The minimum absolute atomic E-state index is 0.212. The third-order valence-electron chi connectivity index (χ3n) is 4.63. The maximum atomic E-state index is 13.4. The molecule has 0 amide bonds. The molecule has 0 radical (unpaired) electrons. The summed E-state index contributed by atoms with van der Waals surface area (Å²) in [7, 11) is 0. The Kier molecular flexibility index (Phi) is 4.21. The molecule has 0 saturated heterocycles. The first-order valence-electron chi connectivity index (χ1n) is 9.20. The van der Waals surface area contributed by atoms with Crippen molar-refractivity contribution >= 4 is 17.0 Å². The molecule has 0 saturated carbocycles. The van der Waals surface area contributed by atoms with Crippen LogP contribution in [0.3, 0.4) is 0 Å². The van der Waals surface area contributed by atoms with Crippen LogP contribution >= 0.6 is 0 Å². The van der Waals surface area contributed by atoms with Crippen molar-refractivity contribution in [2.45, 2.75) is 0 Å². The Bertz CT molecular complexity index is 1380. The lowest BCUT2D eigenvalue weighted by atomic mass is 10.3. The van der Waals surface area contributed by atoms with E-state index in [4.69, 9.17) is 10.5 Å². The van der Waals surface area contributed by atoms with Gasteiger partial charge in [-0.1, -0.05) is 18.2 Å². The van der Waals surface area contributed by atoms with Crippen molar-refractivity contribution in [3.05, 3.63) is 95.9 Å². The fraction of sp³-hybridized carbons (Fsp3) is 0. The average Bonchev–Trinajstić information content (AvgIpc) is 3.09. The van der Waals surface area contributed by atoms with Gasteiger partial charge in [0, 0.05) is 6.20 Å². The first kappa shape index (κ1) is 17.6. The van der Waals surface area contributed by atoms with Crippen LogP contribution in [0, 0.1) is 0 Å². The molecule has 0 atom stereocenters. The van der Waals surface area contributed by atoms with Gasteiger partial charge in [0.25, 0.3) is 0 Å². The Balaban J connectivity index is 1.64. The van der Waals surface area contributed by atoms with E-state index in [1.807, 2.05) is 30.3 Å². The highest BCUT2D eigenvalue weighted by Gasteiger charge is 2.20. The molecule has 2 N–H and O–H groups in total. The van der Waals surface area contributed by atoms with E-state index in [2.05, 4.69) is 15.0 Å². The predicted molar refractivity (Wildman–Crippen MR) is 113 cm³/mol. The second-order valence-corrected chi connectivity index (χ2v) is 6.50. The number of benzene rings is 2. The summed E-state index contributed by atoms with van der Waals surface area (Å²) in [4.78, 5) is 25.8. The molecule has 3 aromatic heterocycles. The van der Waals surface area contributed by atoms with E-state index in [0.717, 1.165) is 5.75 Å². The number of pyridine rings is 1. The summed E-state index contributed by atoms with van der Waals surface area (Å²) in [6, 6.07) is 20.2. The third kappa shape index (κ3) is 2.96. The van der Waals surface area contributed by atoms with E-state index in [1.54, 1.807) is 48.8 Å². The highest BCUT2D eigenvalue weighted by molar-refractivity contribution is 5.85. The number of hydrogen-bond acceptors (Lipinski definition) is 6. The van der Waals surface area contributed by atoms with Gasteiger partial charge in [0.2, 0.25) is 0 Å². The van der Waals surface area contributed by atoms with Crippen molar-refractivity contribution < 1.29 is 4.74 Å². The molecule has 8 nitrogen and oxygen atoms in total. The molecule has 0 unspecified atom stereocenters. The normalized spacial score (nSPS) is 10.9. The van der Waals surface area contributed by atoms with E-state index in [1.165, 1.54) is 15.5 Å². The number of rotatable bonds is 4. The molecule has 0 aliphatic heterocycles. The van der Waals surface area contributed by atoms with Gasteiger partial charge in [-0.25, -0.2) is 19.3 Å². The molecule has 5 aromatic rings. The van der Waals surface area contributed by atoms with Crippen LogP contribution in [0.5, 0.6) is 11.5 Å². The van der Waals surface area contributed by atoms with Gasteiger partial charge in [-0.15, -0.1) is 0 Å². The Morgan fingerprint density at radius 3 is 2.30 bits per heavy atom. The first-order chi connectivity index (χ1) is 14.7. The Morgan fingerprint density at radius 2 is 1.57 bits per heavy atom. The highest BCUT2D eigenvalue weighted by Crippen LogP contribution is 2.25. The minimum atomic E-state index is -0.318. The summed E-state index contributed by atoms with van der Waals surface area (Å²) in [5.74, 6) is 1.59. The molecule has 5 rings (SSSR count). The van der Waals surface area contributed by atoms with Crippen LogP contribution in [0.15, 0.2) is 90.2 Å². The minimum Gasteiger partial charge on any atom is -0.457 e. The molecular weight excluding hydrogens is 380 g/mol.